The summed E-state index contributed by atoms with van der Waals surface area (Å²) in [5, 5.41) is 2.22. The Labute approximate surface area is 120 Å². The molecule has 1 aromatic carbocycles. The van der Waals surface area contributed by atoms with E-state index in [1.807, 2.05) is 0 Å². The van der Waals surface area contributed by atoms with Crippen molar-refractivity contribution in [2.75, 3.05) is 0 Å². The third kappa shape index (κ3) is 2.09. The van der Waals surface area contributed by atoms with Crippen molar-refractivity contribution in [3.05, 3.63) is 34.6 Å². The van der Waals surface area contributed by atoms with Crippen LogP contribution in [0.4, 0.5) is 4.39 Å². The van der Waals surface area contributed by atoms with Crippen molar-refractivity contribution in [3.63, 3.8) is 0 Å². The molecule has 1 atom stereocenters. The van der Waals surface area contributed by atoms with E-state index in [-0.39, 0.29) is 37.7 Å². The van der Waals surface area contributed by atoms with Crippen LogP contribution in [0.25, 0.3) is 0 Å². The van der Waals surface area contributed by atoms with Crippen molar-refractivity contribution in [1.29, 1.82) is 0 Å². The molecule has 3 rings (SSSR count). The zero-order valence-corrected chi connectivity index (χ0v) is 11.2. The second kappa shape index (κ2) is 4.92. The summed E-state index contributed by atoms with van der Waals surface area (Å²) in [6.45, 7) is 0.135. The molecule has 1 unspecified atom stereocenters. The molecule has 0 radical (unpaired) electrons. The monoisotopic (exact) mass is 291 g/mol. The van der Waals surface area contributed by atoms with Crippen LogP contribution in [0.1, 0.15) is 34.3 Å². The molecule has 2 aliphatic heterocycles. The molecule has 0 aromatic heterocycles. The van der Waals surface area contributed by atoms with Crippen LogP contribution < -0.4 is 11.1 Å². The fourth-order valence-corrected chi connectivity index (χ4v) is 2.89. The van der Waals surface area contributed by atoms with Crippen molar-refractivity contribution in [1.82, 2.24) is 10.2 Å². The van der Waals surface area contributed by atoms with Crippen LogP contribution in [0.15, 0.2) is 12.1 Å². The third-order valence-electron chi connectivity index (χ3n) is 3.98. The normalized spacial score (nSPS) is 21.5. The summed E-state index contributed by atoms with van der Waals surface area (Å²) in [6.07, 6.45) is 0.472. The molecule has 2 aliphatic rings. The number of hydrogen-bond donors (Lipinski definition) is 2. The second-order valence-electron chi connectivity index (χ2n) is 5.16. The Morgan fingerprint density at radius 2 is 2.10 bits per heavy atom. The molecule has 6 nitrogen and oxygen atoms in total. The molecule has 3 amide bonds. The number of nitrogens with one attached hydrogen (secondary N) is 1. The maximum atomic E-state index is 13.7. The summed E-state index contributed by atoms with van der Waals surface area (Å²) in [5.41, 5.74) is 6.76. The SMILES string of the molecule is NCc1c(F)ccc2c1CN(C1CCC(=O)NC1=O)C2=O. The highest BCUT2D eigenvalue weighted by Gasteiger charge is 2.40. The van der Waals surface area contributed by atoms with Gasteiger partial charge in [0, 0.05) is 30.6 Å². The fourth-order valence-electron chi connectivity index (χ4n) is 2.89. The van der Waals surface area contributed by atoms with Gasteiger partial charge in [-0.25, -0.2) is 4.39 Å². The van der Waals surface area contributed by atoms with E-state index >= 15 is 0 Å². The average Bonchev–Trinajstić information content (AvgIpc) is 2.76. The smallest absolute Gasteiger partial charge is 0.255 e. The summed E-state index contributed by atoms with van der Waals surface area (Å²) in [7, 11) is 0. The standard InChI is InChI=1S/C14H14FN3O3/c15-10-2-1-7-9(8(10)5-16)6-18(14(7)21)11-3-4-12(19)17-13(11)20/h1-2,11H,3-6,16H2,(H,17,19,20). The lowest BCUT2D eigenvalue weighted by Crippen LogP contribution is -2.52. The zero-order valence-electron chi connectivity index (χ0n) is 11.2. The Morgan fingerprint density at radius 1 is 1.33 bits per heavy atom. The van der Waals surface area contributed by atoms with E-state index in [1.165, 1.54) is 17.0 Å². The van der Waals surface area contributed by atoms with Gasteiger partial charge in [0.05, 0.1) is 0 Å². The molecule has 1 aromatic rings. The van der Waals surface area contributed by atoms with Crippen molar-refractivity contribution < 1.29 is 18.8 Å². The van der Waals surface area contributed by atoms with Crippen molar-refractivity contribution in [2.24, 2.45) is 5.73 Å². The molecule has 0 saturated carbocycles. The number of halogens is 1. The van der Waals surface area contributed by atoms with E-state index < -0.39 is 17.8 Å². The van der Waals surface area contributed by atoms with Crippen LogP contribution in [0.3, 0.4) is 0 Å². The third-order valence-corrected chi connectivity index (χ3v) is 3.98. The molecule has 1 fully saturated rings. The predicted molar refractivity (Wildman–Crippen MR) is 70.3 cm³/mol. The first-order chi connectivity index (χ1) is 10.0. The molecular formula is C14H14FN3O3. The molecule has 21 heavy (non-hydrogen) atoms. The van der Waals surface area contributed by atoms with Crippen molar-refractivity contribution >= 4 is 17.7 Å². The second-order valence-corrected chi connectivity index (χ2v) is 5.16. The number of benzene rings is 1. The minimum Gasteiger partial charge on any atom is -0.326 e. The van der Waals surface area contributed by atoms with Gasteiger partial charge in [-0.3, -0.25) is 19.7 Å². The van der Waals surface area contributed by atoms with Crippen LogP contribution in [0, 0.1) is 5.82 Å². The molecule has 2 heterocycles. The summed E-state index contributed by atoms with van der Waals surface area (Å²) in [5.74, 6) is -1.60. The molecule has 3 N–H and O–H groups in total. The minimum atomic E-state index is -0.698. The summed E-state index contributed by atoms with van der Waals surface area (Å²) >= 11 is 0. The van der Waals surface area contributed by atoms with E-state index in [0.717, 1.165) is 0 Å². The number of piperidine rings is 1. The van der Waals surface area contributed by atoms with Gasteiger partial charge in [-0.2, -0.15) is 0 Å². The van der Waals surface area contributed by atoms with Gasteiger partial charge in [0.2, 0.25) is 11.8 Å². The van der Waals surface area contributed by atoms with Crippen LogP contribution in [0.5, 0.6) is 0 Å². The van der Waals surface area contributed by atoms with Gasteiger partial charge in [-0.05, 0) is 24.1 Å². The van der Waals surface area contributed by atoms with Crippen molar-refractivity contribution in [3.8, 4) is 0 Å². The van der Waals surface area contributed by atoms with Gasteiger partial charge in [0.25, 0.3) is 5.91 Å². The lowest BCUT2D eigenvalue weighted by atomic mass is 10.0. The number of fused-ring (bicyclic) bond motifs is 1. The summed E-state index contributed by atoms with van der Waals surface area (Å²) in [4.78, 5) is 36.8. The zero-order chi connectivity index (χ0) is 15.1. The maximum absolute atomic E-state index is 13.7. The van der Waals surface area contributed by atoms with Crippen LogP contribution in [-0.2, 0) is 22.7 Å². The Bertz CT molecular complexity index is 659. The first-order valence-electron chi connectivity index (χ1n) is 6.68. The van der Waals surface area contributed by atoms with Gasteiger partial charge in [0.1, 0.15) is 11.9 Å². The molecule has 110 valence electrons. The Morgan fingerprint density at radius 3 is 2.76 bits per heavy atom. The van der Waals surface area contributed by atoms with Crippen molar-refractivity contribution in [2.45, 2.75) is 32.0 Å². The van der Waals surface area contributed by atoms with Crippen LogP contribution in [0.2, 0.25) is 0 Å². The van der Waals surface area contributed by atoms with Gasteiger partial charge < -0.3 is 10.6 Å². The molecular weight excluding hydrogens is 277 g/mol. The van der Waals surface area contributed by atoms with Crippen LogP contribution >= 0.6 is 0 Å². The maximum Gasteiger partial charge on any atom is 0.255 e. The molecule has 0 aliphatic carbocycles. The largest absolute Gasteiger partial charge is 0.326 e. The Hall–Kier alpha value is -2.28. The van der Waals surface area contributed by atoms with E-state index in [0.29, 0.717) is 16.7 Å². The number of nitrogens with two attached hydrogens (primary N) is 1. The number of carbonyl (C=O) groups is 3. The predicted octanol–water partition coefficient (Wildman–Crippen LogP) is 0.0454. The van der Waals surface area contributed by atoms with E-state index in [1.54, 1.807) is 0 Å². The van der Waals surface area contributed by atoms with E-state index in [2.05, 4.69) is 5.32 Å². The number of imide groups is 1. The minimum absolute atomic E-state index is 0.00846. The number of amides is 3. The molecule has 1 saturated heterocycles. The van der Waals surface area contributed by atoms with Gasteiger partial charge in [-0.15, -0.1) is 0 Å². The summed E-state index contributed by atoms with van der Waals surface area (Å²) in [6, 6.07) is 1.93. The number of carbonyl (C=O) groups excluding carboxylic acids is 3. The fraction of sp³-hybridized carbons (Fsp3) is 0.357. The molecule has 0 spiro atoms. The highest BCUT2D eigenvalue weighted by molar-refractivity contribution is 6.05. The topological polar surface area (TPSA) is 92.5 Å². The molecule has 7 heteroatoms. The molecule has 0 bridgehead atoms. The van der Waals surface area contributed by atoms with E-state index in [4.69, 9.17) is 5.73 Å². The van der Waals surface area contributed by atoms with Crippen LogP contribution in [-0.4, -0.2) is 28.7 Å². The number of rotatable bonds is 2. The van der Waals surface area contributed by atoms with Gasteiger partial charge >= 0.3 is 0 Å². The summed E-state index contributed by atoms with van der Waals surface area (Å²) < 4.78 is 13.7. The lowest BCUT2D eigenvalue weighted by Gasteiger charge is -2.29. The number of nitrogens with zero attached hydrogens (tertiary/aromatic N) is 1. The highest BCUT2D eigenvalue weighted by atomic mass is 19.1. The lowest BCUT2D eigenvalue weighted by molar-refractivity contribution is -0.136. The average molecular weight is 291 g/mol. The highest BCUT2D eigenvalue weighted by Crippen LogP contribution is 2.30. The quantitative estimate of drug-likeness (QED) is 0.753. The first-order valence-corrected chi connectivity index (χ1v) is 6.68. The van der Waals surface area contributed by atoms with E-state index in [9.17, 15) is 18.8 Å². The Balaban J connectivity index is 1.93. The van der Waals surface area contributed by atoms with Gasteiger partial charge in [-0.1, -0.05) is 0 Å². The first kappa shape index (κ1) is 13.7. The van der Waals surface area contributed by atoms with Gasteiger partial charge in [0.15, 0.2) is 0 Å². The number of hydrogen-bond acceptors (Lipinski definition) is 4. The Kier molecular flexibility index (Phi) is 3.21.